The van der Waals surface area contributed by atoms with E-state index in [0.717, 1.165) is 25.7 Å². The van der Waals surface area contributed by atoms with Crippen LogP contribution in [0, 0.1) is 5.92 Å². The van der Waals surface area contributed by atoms with Gasteiger partial charge < -0.3 is 5.32 Å². The highest BCUT2D eigenvalue weighted by atomic mass is 35.5. The number of rotatable bonds is 2. The van der Waals surface area contributed by atoms with Crippen LogP contribution >= 0.6 is 11.6 Å². The molecule has 3 amide bonds. The minimum absolute atomic E-state index is 0.0934. The van der Waals surface area contributed by atoms with Crippen LogP contribution < -0.4 is 5.32 Å². The molecule has 2 aliphatic rings. The van der Waals surface area contributed by atoms with Crippen LogP contribution in [0.15, 0.2) is 11.6 Å². The lowest BCUT2D eigenvalue weighted by Gasteiger charge is -2.33. The second kappa shape index (κ2) is 4.69. The quantitative estimate of drug-likeness (QED) is 0.771. The summed E-state index contributed by atoms with van der Waals surface area (Å²) < 4.78 is 0. The van der Waals surface area contributed by atoms with E-state index >= 15 is 0 Å². The largest absolute Gasteiger partial charge is 0.325 e. The standard InChI is InChI=1S/C12H17ClN2O2/c1-9-3-5-12(6-4-9)10(16)15(8-2-7-13)11(17)14-12/h2,7,9H,3-6,8H2,1H3,(H,14,17). The second-order valence-corrected chi connectivity index (χ2v) is 5.22. The number of carbonyl (C=O) groups is 2. The van der Waals surface area contributed by atoms with Gasteiger partial charge in [0.05, 0.1) is 0 Å². The van der Waals surface area contributed by atoms with Crippen molar-refractivity contribution >= 4 is 23.5 Å². The third kappa shape index (κ3) is 2.18. The van der Waals surface area contributed by atoms with E-state index in [1.165, 1.54) is 10.4 Å². The van der Waals surface area contributed by atoms with E-state index in [4.69, 9.17) is 11.6 Å². The number of hydrogen-bond acceptors (Lipinski definition) is 2. The van der Waals surface area contributed by atoms with Crippen LogP contribution in [0.4, 0.5) is 4.79 Å². The first-order chi connectivity index (χ1) is 8.09. The third-order valence-electron chi connectivity index (χ3n) is 3.75. The van der Waals surface area contributed by atoms with Crippen molar-refractivity contribution < 1.29 is 9.59 Å². The van der Waals surface area contributed by atoms with Crippen molar-refractivity contribution in [2.75, 3.05) is 6.54 Å². The highest BCUT2D eigenvalue weighted by molar-refractivity contribution is 6.25. The Balaban J connectivity index is 2.12. The lowest BCUT2D eigenvalue weighted by atomic mass is 9.77. The van der Waals surface area contributed by atoms with Gasteiger partial charge in [-0.1, -0.05) is 24.6 Å². The van der Waals surface area contributed by atoms with Crippen molar-refractivity contribution in [1.82, 2.24) is 10.2 Å². The Morgan fingerprint density at radius 3 is 2.71 bits per heavy atom. The van der Waals surface area contributed by atoms with Crippen LogP contribution in [-0.2, 0) is 4.79 Å². The number of nitrogens with one attached hydrogen (secondary N) is 1. The van der Waals surface area contributed by atoms with Gasteiger partial charge in [-0.2, -0.15) is 0 Å². The molecule has 1 saturated heterocycles. The van der Waals surface area contributed by atoms with Gasteiger partial charge in [0.2, 0.25) is 0 Å². The van der Waals surface area contributed by atoms with Crippen LogP contribution in [0.5, 0.6) is 0 Å². The van der Waals surface area contributed by atoms with Crippen LogP contribution in [-0.4, -0.2) is 28.9 Å². The van der Waals surface area contributed by atoms with Crippen molar-refractivity contribution in [3.8, 4) is 0 Å². The van der Waals surface area contributed by atoms with Crippen molar-refractivity contribution in [1.29, 1.82) is 0 Å². The molecule has 0 aromatic rings. The Kier molecular flexibility index (Phi) is 3.43. The zero-order chi connectivity index (χ0) is 12.5. The average molecular weight is 257 g/mol. The van der Waals surface area contributed by atoms with E-state index < -0.39 is 5.54 Å². The molecular formula is C12H17ClN2O2. The van der Waals surface area contributed by atoms with Gasteiger partial charge >= 0.3 is 6.03 Å². The topological polar surface area (TPSA) is 49.4 Å². The van der Waals surface area contributed by atoms with Crippen LogP contribution in [0.3, 0.4) is 0 Å². The summed E-state index contributed by atoms with van der Waals surface area (Å²) in [5.74, 6) is 0.547. The maximum atomic E-state index is 12.3. The van der Waals surface area contributed by atoms with Gasteiger partial charge in [-0.05, 0) is 31.6 Å². The first-order valence-corrected chi connectivity index (χ1v) is 6.42. The molecule has 1 heterocycles. The molecule has 0 radical (unpaired) electrons. The van der Waals surface area contributed by atoms with E-state index in [0.29, 0.717) is 5.92 Å². The molecule has 2 rings (SSSR count). The molecule has 0 aromatic carbocycles. The van der Waals surface area contributed by atoms with Gasteiger partial charge in [-0.25, -0.2) is 4.79 Å². The number of carbonyl (C=O) groups excluding carboxylic acids is 2. The highest BCUT2D eigenvalue weighted by Crippen LogP contribution is 2.36. The Morgan fingerprint density at radius 1 is 1.47 bits per heavy atom. The fourth-order valence-corrected chi connectivity index (χ4v) is 2.66. The Morgan fingerprint density at radius 2 is 2.12 bits per heavy atom. The Labute approximate surface area is 106 Å². The van der Waals surface area contributed by atoms with Crippen molar-refractivity contribution in [2.24, 2.45) is 5.92 Å². The number of urea groups is 1. The number of nitrogens with zero attached hydrogens (tertiary/aromatic N) is 1. The fourth-order valence-electron chi connectivity index (χ4n) is 2.58. The second-order valence-electron chi connectivity index (χ2n) is 4.97. The lowest BCUT2D eigenvalue weighted by molar-refractivity contribution is -0.132. The molecule has 0 bridgehead atoms. The molecule has 2 fully saturated rings. The predicted octanol–water partition coefficient (Wildman–Crippen LogP) is 2.24. The third-order valence-corrected chi connectivity index (χ3v) is 3.93. The summed E-state index contributed by atoms with van der Waals surface area (Å²) in [6, 6.07) is -0.292. The normalized spacial score (nSPS) is 33.8. The molecule has 17 heavy (non-hydrogen) atoms. The van der Waals surface area contributed by atoms with E-state index in [2.05, 4.69) is 12.2 Å². The van der Waals surface area contributed by atoms with Crippen LogP contribution in [0.25, 0.3) is 0 Å². The van der Waals surface area contributed by atoms with E-state index in [-0.39, 0.29) is 18.5 Å². The summed E-state index contributed by atoms with van der Waals surface area (Å²) >= 11 is 5.42. The molecule has 1 spiro atoms. The minimum Gasteiger partial charge on any atom is -0.323 e. The molecule has 1 N–H and O–H groups in total. The molecule has 94 valence electrons. The molecule has 0 atom stereocenters. The Bertz CT molecular complexity index is 360. The maximum absolute atomic E-state index is 12.3. The minimum atomic E-state index is -0.635. The van der Waals surface area contributed by atoms with Crippen LogP contribution in [0.2, 0.25) is 0 Å². The van der Waals surface area contributed by atoms with Gasteiger partial charge in [-0.3, -0.25) is 9.69 Å². The average Bonchev–Trinajstić information content (AvgIpc) is 2.54. The van der Waals surface area contributed by atoms with Gasteiger partial charge in [0.25, 0.3) is 5.91 Å². The molecule has 0 unspecified atom stereocenters. The number of halogens is 1. The number of amides is 3. The van der Waals surface area contributed by atoms with Gasteiger partial charge in [0.15, 0.2) is 0 Å². The molecule has 1 saturated carbocycles. The maximum Gasteiger partial charge on any atom is 0.325 e. The van der Waals surface area contributed by atoms with Gasteiger partial charge in [-0.15, -0.1) is 0 Å². The van der Waals surface area contributed by atoms with Crippen LogP contribution in [0.1, 0.15) is 32.6 Å². The molecule has 1 aliphatic heterocycles. The smallest absolute Gasteiger partial charge is 0.323 e. The molecule has 1 aliphatic carbocycles. The van der Waals surface area contributed by atoms with E-state index in [9.17, 15) is 9.59 Å². The zero-order valence-electron chi connectivity index (χ0n) is 9.91. The van der Waals surface area contributed by atoms with E-state index in [1.54, 1.807) is 6.08 Å². The number of hydrogen-bond donors (Lipinski definition) is 1. The summed E-state index contributed by atoms with van der Waals surface area (Å²) in [5.41, 5.74) is 0.693. The first-order valence-electron chi connectivity index (χ1n) is 5.98. The van der Waals surface area contributed by atoms with Gasteiger partial charge in [0, 0.05) is 12.1 Å². The SMILES string of the molecule is CC1CCC2(CC1)NC(=O)N(CC=CCl)C2=O. The lowest BCUT2D eigenvalue weighted by Crippen LogP contribution is -2.49. The fraction of sp³-hybridized carbons (Fsp3) is 0.667. The van der Waals surface area contributed by atoms with Gasteiger partial charge in [0.1, 0.15) is 5.54 Å². The highest BCUT2D eigenvalue weighted by Gasteiger charge is 2.51. The molecular weight excluding hydrogens is 240 g/mol. The summed E-state index contributed by atoms with van der Waals surface area (Å²) in [4.78, 5) is 25.3. The van der Waals surface area contributed by atoms with Crippen molar-refractivity contribution in [3.05, 3.63) is 11.6 Å². The van der Waals surface area contributed by atoms with Crippen molar-refractivity contribution in [3.63, 3.8) is 0 Å². The molecule has 5 heteroatoms. The predicted molar refractivity (Wildman–Crippen MR) is 65.6 cm³/mol. The summed E-state index contributed by atoms with van der Waals surface area (Å²) in [6.07, 6.45) is 5.08. The molecule has 0 aromatic heterocycles. The van der Waals surface area contributed by atoms with Crippen molar-refractivity contribution in [2.45, 2.75) is 38.1 Å². The molecule has 4 nitrogen and oxygen atoms in total. The Hall–Kier alpha value is -1.03. The summed E-state index contributed by atoms with van der Waals surface area (Å²) in [5, 5.41) is 2.86. The number of imide groups is 1. The summed E-state index contributed by atoms with van der Waals surface area (Å²) in [6.45, 7) is 2.44. The monoisotopic (exact) mass is 256 g/mol. The zero-order valence-corrected chi connectivity index (χ0v) is 10.7. The summed E-state index contributed by atoms with van der Waals surface area (Å²) in [7, 11) is 0. The first kappa shape index (κ1) is 12.4. The van der Waals surface area contributed by atoms with E-state index in [1.807, 2.05) is 0 Å².